The van der Waals surface area contributed by atoms with Crippen LogP contribution in [0.15, 0.2) is 54.9 Å². The number of fused-ring (bicyclic) bond motifs is 1. The second-order valence-corrected chi connectivity index (χ2v) is 12.0. The van der Waals surface area contributed by atoms with E-state index in [0.717, 1.165) is 22.4 Å². The predicted molar refractivity (Wildman–Crippen MR) is 161 cm³/mol. The maximum absolute atomic E-state index is 13.0. The minimum absolute atomic E-state index is 0.0286. The third-order valence-electron chi connectivity index (χ3n) is 7.44. The molecule has 2 atom stereocenters. The van der Waals surface area contributed by atoms with Crippen LogP contribution in [0, 0.1) is 11.3 Å². The fourth-order valence-corrected chi connectivity index (χ4v) is 5.45. The number of likely N-dealkylation sites (tertiary alicyclic amines) is 1. The Labute approximate surface area is 250 Å². The summed E-state index contributed by atoms with van der Waals surface area (Å²) in [5, 5.41) is 15.4. The number of carbonyl (C=O) groups is 3. The Balaban J connectivity index is 1.31. The molecule has 0 saturated carbocycles. The van der Waals surface area contributed by atoms with Crippen molar-refractivity contribution in [2.24, 2.45) is 0 Å². The molecule has 2 aliphatic heterocycles. The maximum Gasteiger partial charge on any atom is 0.407 e. The minimum atomic E-state index is -0.585. The normalized spacial score (nSPS) is 18.1. The van der Waals surface area contributed by atoms with Gasteiger partial charge in [-0.3, -0.25) is 14.6 Å². The van der Waals surface area contributed by atoms with Gasteiger partial charge in [-0.15, -0.1) is 0 Å². The molecule has 0 spiro atoms. The first kappa shape index (κ1) is 29.5. The van der Waals surface area contributed by atoms with Crippen LogP contribution in [0.25, 0.3) is 11.1 Å². The van der Waals surface area contributed by atoms with Gasteiger partial charge in [-0.1, -0.05) is 12.1 Å². The van der Waals surface area contributed by atoms with Gasteiger partial charge in [0.25, 0.3) is 5.91 Å². The number of rotatable bonds is 5. The predicted octanol–water partition coefficient (Wildman–Crippen LogP) is 4.66. The van der Waals surface area contributed by atoms with Gasteiger partial charge in [0.15, 0.2) is 0 Å². The van der Waals surface area contributed by atoms with Crippen LogP contribution in [-0.2, 0) is 9.53 Å². The molecule has 1 fully saturated rings. The van der Waals surface area contributed by atoms with Gasteiger partial charge in [0.2, 0.25) is 5.91 Å². The summed E-state index contributed by atoms with van der Waals surface area (Å²) in [5.41, 5.74) is 3.71. The molecule has 2 aliphatic rings. The number of nitrogens with one attached hydrogen (secondary N) is 2. The summed E-state index contributed by atoms with van der Waals surface area (Å²) in [6.45, 7) is 9.76. The average molecular weight is 582 g/mol. The fraction of sp³-hybridized carbons (Fsp3) is 0.375. The highest BCUT2D eigenvalue weighted by Gasteiger charge is 2.35. The van der Waals surface area contributed by atoms with E-state index in [2.05, 4.69) is 26.7 Å². The second-order valence-electron chi connectivity index (χ2n) is 12.0. The van der Waals surface area contributed by atoms with Crippen LogP contribution >= 0.6 is 0 Å². The van der Waals surface area contributed by atoms with Crippen molar-refractivity contribution in [2.75, 3.05) is 23.3 Å². The van der Waals surface area contributed by atoms with Crippen molar-refractivity contribution in [1.29, 1.82) is 5.26 Å². The third kappa shape index (κ3) is 6.59. The summed E-state index contributed by atoms with van der Waals surface area (Å²) in [6.07, 6.45) is 3.37. The number of amides is 3. The van der Waals surface area contributed by atoms with Gasteiger partial charge in [0.1, 0.15) is 23.2 Å². The zero-order chi connectivity index (χ0) is 30.9. The number of benzene rings is 1. The van der Waals surface area contributed by atoms with E-state index < -0.39 is 11.7 Å². The summed E-state index contributed by atoms with van der Waals surface area (Å²) < 4.78 is 5.28. The highest BCUT2D eigenvalue weighted by Crippen LogP contribution is 2.41. The number of ether oxygens (including phenoxy) is 1. The van der Waals surface area contributed by atoms with E-state index in [0.29, 0.717) is 36.6 Å². The lowest BCUT2D eigenvalue weighted by Gasteiger charge is -2.39. The van der Waals surface area contributed by atoms with Crippen molar-refractivity contribution in [3.63, 3.8) is 0 Å². The molecule has 0 radical (unpaired) electrons. The lowest BCUT2D eigenvalue weighted by atomic mass is 9.89. The first-order valence-electron chi connectivity index (χ1n) is 14.2. The number of alkyl carbamates (subject to hydrolysis) is 1. The van der Waals surface area contributed by atoms with Gasteiger partial charge in [0.05, 0.1) is 17.6 Å². The van der Waals surface area contributed by atoms with E-state index in [-0.39, 0.29) is 29.9 Å². The largest absolute Gasteiger partial charge is 0.444 e. The number of carbonyl (C=O) groups excluding carboxylic acids is 3. The monoisotopic (exact) mass is 581 g/mol. The molecule has 1 aromatic carbocycles. The number of pyridine rings is 2. The van der Waals surface area contributed by atoms with Gasteiger partial charge in [-0.2, -0.15) is 5.26 Å². The number of aromatic nitrogens is 2. The van der Waals surface area contributed by atoms with E-state index in [9.17, 15) is 14.4 Å². The van der Waals surface area contributed by atoms with Crippen molar-refractivity contribution >= 4 is 29.4 Å². The van der Waals surface area contributed by atoms with E-state index in [1.165, 1.54) is 6.20 Å². The van der Waals surface area contributed by atoms with E-state index in [1.807, 2.05) is 36.1 Å². The quantitative estimate of drug-likeness (QED) is 0.443. The summed E-state index contributed by atoms with van der Waals surface area (Å²) in [4.78, 5) is 49.8. The smallest absolute Gasteiger partial charge is 0.407 e. The van der Waals surface area contributed by atoms with Crippen LogP contribution in [0.5, 0.6) is 0 Å². The Morgan fingerprint density at radius 2 is 1.77 bits per heavy atom. The molecule has 11 nitrogen and oxygen atoms in total. The molecular formula is C32H35N7O4. The highest BCUT2D eigenvalue weighted by molar-refractivity contribution is 5.95. The topological polar surface area (TPSA) is 141 Å². The lowest BCUT2D eigenvalue weighted by Crippen LogP contribution is -2.61. The van der Waals surface area contributed by atoms with E-state index in [1.54, 1.807) is 57.0 Å². The Bertz CT molecular complexity index is 1570. The highest BCUT2D eigenvalue weighted by atomic mass is 16.6. The number of hydrogen-bond acceptors (Lipinski definition) is 8. The number of nitriles is 1. The molecule has 5 rings (SSSR count). The molecule has 3 amide bonds. The molecule has 222 valence electrons. The molecule has 4 heterocycles. The molecule has 11 heteroatoms. The van der Waals surface area contributed by atoms with Crippen LogP contribution in [-0.4, -0.2) is 63.5 Å². The SMILES string of the molecule is CC(=O)N1c2ccc(-c3ccc(C(=O)N4CC(NC(=O)OC(C)(C)C)C4)nc3)cc2C(Nc2ccc(C#N)cn2)CC1C. The summed E-state index contributed by atoms with van der Waals surface area (Å²) >= 11 is 0. The molecule has 0 bridgehead atoms. The molecule has 0 aliphatic carbocycles. The van der Waals surface area contributed by atoms with Crippen LogP contribution in [0.2, 0.25) is 0 Å². The maximum atomic E-state index is 13.0. The van der Waals surface area contributed by atoms with Gasteiger partial charge in [-0.25, -0.2) is 9.78 Å². The molecule has 3 aromatic rings. The van der Waals surface area contributed by atoms with Crippen molar-refractivity contribution in [3.05, 3.63) is 71.7 Å². The standard InChI is InChI=1S/C32H35N7O4/c1-19-12-27(37-29-11-6-21(14-33)15-35-29)25-13-22(8-10-28(25)39(19)20(2)40)23-7-9-26(34-16-23)30(41)38-17-24(18-38)36-31(42)43-32(3,4)5/h6-11,13,15-16,19,24,27H,12,17-18H2,1-5H3,(H,35,37)(H,36,42). The first-order chi connectivity index (χ1) is 20.4. The third-order valence-corrected chi connectivity index (χ3v) is 7.44. The average Bonchev–Trinajstić information content (AvgIpc) is 2.93. The Morgan fingerprint density at radius 1 is 1.02 bits per heavy atom. The zero-order valence-corrected chi connectivity index (χ0v) is 24.9. The Hall–Kier alpha value is -4.98. The molecular weight excluding hydrogens is 546 g/mol. The molecule has 43 heavy (non-hydrogen) atoms. The summed E-state index contributed by atoms with van der Waals surface area (Å²) in [7, 11) is 0. The van der Waals surface area contributed by atoms with Gasteiger partial charge >= 0.3 is 6.09 Å². The van der Waals surface area contributed by atoms with Crippen molar-refractivity contribution < 1.29 is 19.1 Å². The molecule has 2 N–H and O–H groups in total. The lowest BCUT2D eigenvalue weighted by molar-refractivity contribution is -0.117. The Morgan fingerprint density at radius 3 is 2.37 bits per heavy atom. The molecule has 1 saturated heterocycles. The minimum Gasteiger partial charge on any atom is -0.444 e. The van der Waals surface area contributed by atoms with Crippen LogP contribution in [0.3, 0.4) is 0 Å². The second kappa shape index (κ2) is 11.7. The van der Waals surface area contributed by atoms with E-state index in [4.69, 9.17) is 10.00 Å². The summed E-state index contributed by atoms with van der Waals surface area (Å²) in [6, 6.07) is 14.8. The number of nitrogens with zero attached hydrogens (tertiary/aromatic N) is 5. The van der Waals surface area contributed by atoms with Crippen molar-refractivity contribution in [1.82, 2.24) is 20.2 Å². The van der Waals surface area contributed by atoms with Gasteiger partial charge in [0, 0.05) is 49.7 Å². The van der Waals surface area contributed by atoms with Crippen molar-refractivity contribution in [3.8, 4) is 17.2 Å². The zero-order valence-electron chi connectivity index (χ0n) is 24.9. The number of hydrogen-bond donors (Lipinski definition) is 2. The molecule has 2 unspecified atom stereocenters. The van der Waals surface area contributed by atoms with Crippen molar-refractivity contribution in [2.45, 2.75) is 64.8 Å². The van der Waals surface area contributed by atoms with Crippen LogP contribution < -0.4 is 15.5 Å². The molecule has 2 aromatic heterocycles. The fourth-order valence-electron chi connectivity index (χ4n) is 5.45. The van der Waals surface area contributed by atoms with Crippen LogP contribution in [0.4, 0.5) is 16.3 Å². The number of anilines is 2. The van der Waals surface area contributed by atoms with Crippen LogP contribution in [0.1, 0.15) is 68.7 Å². The van der Waals surface area contributed by atoms with Gasteiger partial charge < -0.3 is 25.2 Å². The van der Waals surface area contributed by atoms with E-state index >= 15 is 0 Å². The Kier molecular flexibility index (Phi) is 8.04. The van der Waals surface area contributed by atoms with Gasteiger partial charge in [-0.05, 0) is 75.6 Å². The first-order valence-corrected chi connectivity index (χ1v) is 14.2. The summed E-state index contributed by atoms with van der Waals surface area (Å²) in [5.74, 6) is 0.405.